The van der Waals surface area contributed by atoms with E-state index < -0.39 is 11.7 Å². The maximum atomic E-state index is 14.1. The molecule has 1 amide bonds. The summed E-state index contributed by atoms with van der Waals surface area (Å²) in [6.07, 6.45) is 1.60. The number of fused-ring (bicyclic) bond motifs is 1. The Kier molecular flexibility index (Phi) is 4.18. The number of anilines is 1. The second-order valence-corrected chi connectivity index (χ2v) is 5.96. The minimum absolute atomic E-state index is 0.0744. The Labute approximate surface area is 138 Å². The summed E-state index contributed by atoms with van der Waals surface area (Å²) in [6.45, 7) is 1.95. The van der Waals surface area contributed by atoms with Gasteiger partial charge in [-0.1, -0.05) is 29.8 Å². The predicted octanol–water partition coefficient (Wildman–Crippen LogP) is 4.27. The summed E-state index contributed by atoms with van der Waals surface area (Å²) in [6, 6.07) is 9.49. The number of nitrogens with zero attached hydrogens (tertiary/aromatic N) is 1. The Morgan fingerprint density at radius 1 is 1.22 bits per heavy atom. The Hall–Kier alpha value is -2.20. The van der Waals surface area contributed by atoms with Crippen LogP contribution < -0.4 is 4.90 Å². The highest BCUT2D eigenvalue weighted by Gasteiger charge is 2.27. The topological polar surface area (TPSA) is 37.4 Å². The molecule has 0 aromatic heterocycles. The zero-order valence-corrected chi connectivity index (χ0v) is 13.4. The van der Waals surface area contributed by atoms with Crippen LogP contribution in [0.5, 0.6) is 0 Å². The highest BCUT2D eigenvalue weighted by Crippen LogP contribution is 2.31. The molecule has 0 unspecified atom stereocenters. The van der Waals surface area contributed by atoms with Gasteiger partial charge in [-0.2, -0.15) is 0 Å². The predicted molar refractivity (Wildman–Crippen MR) is 87.9 cm³/mol. The Bertz CT molecular complexity index is 783. The summed E-state index contributed by atoms with van der Waals surface area (Å²) in [5.74, 6) is -1.19. The minimum atomic E-state index is -0.641. The zero-order chi connectivity index (χ0) is 16.6. The van der Waals surface area contributed by atoms with Crippen LogP contribution in [0.1, 0.15) is 39.6 Å². The second-order valence-electron chi connectivity index (χ2n) is 5.56. The van der Waals surface area contributed by atoms with Crippen LogP contribution in [0.25, 0.3) is 0 Å². The largest absolute Gasteiger partial charge is 0.308 e. The third-order valence-electron chi connectivity index (χ3n) is 4.03. The van der Waals surface area contributed by atoms with E-state index in [1.165, 1.54) is 30.0 Å². The lowest BCUT2D eigenvalue weighted by Gasteiger charge is -2.30. The molecule has 118 valence electrons. The van der Waals surface area contributed by atoms with E-state index in [0.29, 0.717) is 17.8 Å². The van der Waals surface area contributed by atoms with Gasteiger partial charge in [-0.25, -0.2) is 4.39 Å². The molecule has 5 heteroatoms. The summed E-state index contributed by atoms with van der Waals surface area (Å²) in [5, 5.41) is 0.0878. The first-order valence-electron chi connectivity index (χ1n) is 7.39. The fourth-order valence-corrected chi connectivity index (χ4v) is 3.09. The van der Waals surface area contributed by atoms with E-state index in [-0.39, 0.29) is 16.4 Å². The third kappa shape index (κ3) is 2.86. The summed E-state index contributed by atoms with van der Waals surface area (Å²) in [4.78, 5) is 25.9. The van der Waals surface area contributed by atoms with Crippen molar-refractivity contribution in [3.63, 3.8) is 0 Å². The lowest BCUT2D eigenvalue weighted by atomic mass is 9.97. The number of carbonyl (C=O) groups is 2. The number of carbonyl (C=O) groups excluding carboxylic acids is 2. The van der Waals surface area contributed by atoms with Gasteiger partial charge in [0.15, 0.2) is 5.78 Å². The summed E-state index contributed by atoms with van der Waals surface area (Å²) in [7, 11) is 0. The maximum Gasteiger partial charge on any atom is 0.262 e. The van der Waals surface area contributed by atoms with Gasteiger partial charge in [0.05, 0.1) is 10.6 Å². The number of halogens is 2. The molecular weight excluding hydrogens is 317 g/mol. The van der Waals surface area contributed by atoms with E-state index in [1.54, 1.807) is 12.1 Å². The molecule has 0 saturated carbocycles. The van der Waals surface area contributed by atoms with Gasteiger partial charge in [-0.05, 0) is 43.5 Å². The number of benzene rings is 2. The molecule has 23 heavy (non-hydrogen) atoms. The van der Waals surface area contributed by atoms with Gasteiger partial charge in [-0.15, -0.1) is 0 Å². The molecule has 0 saturated heterocycles. The molecule has 0 N–H and O–H groups in total. The van der Waals surface area contributed by atoms with Gasteiger partial charge in [0.1, 0.15) is 5.82 Å². The van der Waals surface area contributed by atoms with Crippen molar-refractivity contribution < 1.29 is 14.0 Å². The first kappa shape index (κ1) is 15.7. The lowest BCUT2D eigenvalue weighted by molar-refractivity contribution is 0.0977. The first-order chi connectivity index (χ1) is 11.0. The number of aryl methyl sites for hydroxylation is 1. The minimum Gasteiger partial charge on any atom is -0.308 e. The van der Waals surface area contributed by atoms with E-state index in [9.17, 15) is 14.0 Å². The number of Topliss-reactive ketones (excluding diaryl/α,β-unsaturated/α-hetero) is 1. The molecule has 1 aliphatic rings. The van der Waals surface area contributed by atoms with Crippen LogP contribution in [0.3, 0.4) is 0 Å². The molecule has 0 bridgehead atoms. The number of hydrogen-bond acceptors (Lipinski definition) is 2. The van der Waals surface area contributed by atoms with Crippen LogP contribution in [0.2, 0.25) is 5.02 Å². The number of rotatable bonds is 2. The van der Waals surface area contributed by atoms with Crippen LogP contribution >= 0.6 is 11.6 Å². The van der Waals surface area contributed by atoms with Crippen molar-refractivity contribution in [2.24, 2.45) is 0 Å². The van der Waals surface area contributed by atoms with Crippen LogP contribution in [-0.4, -0.2) is 18.2 Å². The van der Waals surface area contributed by atoms with E-state index in [0.717, 1.165) is 18.4 Å². The molecule has 0 fully saturated rings. The first-order valence-corrected chi connectivity index (χ1v) is 7.76. The molecular formula is C18H15ClFNO2. The average molecular weight is 332 g/mol. The molecule has 0 spiro atoms. The van der Waals surface area contributed by atoms with Gasteiger partial charge in [-0.3, -0.25) is 9.59 Å². The van der Waals surface area contributed by atoms with Crippen molar-refractivity contribution >= 4 is 29.0 Å². The highest BCUT2D eigenvalue weighted by molar-refractivity contribution is 6.34. The Balaban J connectivity index is 2.07. The molecule has 0 aliphatic carbocycles. The van der Waals surface area contributed by atoms with E-state index >= 15 is 0 Å². The van der Waals surface area contributed by atoms with Crippen LogP contribution in [0.15, 0.2) is 36.4 Å². The fourth-order valence-electron chi connectivity index (χ4n) is 2.84. The quantitative estimate of drug-likeness (QED) is 0.770. The second kappa shape index (κ2) is 6.13. The standard InChI is InChI=1S/C18H15ClFNO2/c1-11(22)13-8-7-12-4-3-9-21(16(12)10-13)18(23)17-14(19)5-2-6-15(17)20/h2,5-8,10H,3-4,9H2,1H3. The number of ketones is 1. The molecule has 0 radical (unpaired) electrons. The third-order valence-corrected chi connectivity index (χ3v) is 4.35. The van der Waals surface area contributed by atoms with Gasteiger partial charge < -0.3 is 4.90 Å². The molecule has 3 nitrogen and oxygen atoms in total. The van der Waals surface area contributed by atoms with E-state index in [2.05, 4.69) is 0 Å². The molecule has 3 rings (SSSR count). The van der Waals surface area contributed by atoms with Crippen molar-refractivity contribution in [2.75, 3.05) is 11.4 Å². The van der Waals surface area contributed by atoms with Gasteiger partial charge in [0.2, 0.25) is 0 Å². The van der Waals surface area contributed by atoms with E-state index in [4.69, 9.17) is 11.6 Å². The van der Waals surface area contributed by atoms with Gasteiger partial charge >= 0.3 is 0 Å². The Morgan fingerprint density at radius 2 is 2.00 bits per heavy atom. The average Bonchev–Trinajstić information content (AvgIpc) is 2.53. The smallest absolute Gasteiger partial charge is 0.262 e. The SMILES string of the molecule is CC(=O)c1ccc2c(c1)N(C(=O)c1c(F)cccc1Cl)CCC2. The lowest BCUT2D eigenvalue weighted by Crippen LogP contribution is -2.36. The summed E-state index contributed by atoms with van der Waals surface area (Å²) in [5.41, 5.74) is 2.04. The van der Waals surface area contributed by atoms with Gasteiger partial charge in [0, 0.05) is 17.8 Å². The summed E-state index contributed by atoms with van der Waals surface area (Å²) < 4.78 is 14.1. The van der Waals surface area contributed by atoms with Gasteiger partial charge in [0.25, 0.3) is 5.91 Å². The van der Waals surface area contributed by atoms with Crippen molar-refractivity contribution in [2.45, 2.75) is 19.8 Å². The van der Waals surface area contributed by atoms with Crippen molar-refractivity contribution in [1.82, 2.24) is 0 Å². The Morgan fingerprint density at radius 3 is 2.70 bits per heavy atom. The number of amides is 1. The van der Waals surface area contributed by atoms with Crippen LogP contribution in [0.4, 0.5) is 10.1 Å². The molecule has 1 aliphatic heterocycles. The maximum absolute atomic E-state index is 14.1. The van der Waals surface area contributed by atoms with Crippen molar-refractivity contribution in [3.05, 3.63) is 63.9 Å². The van der Waals surface area contributed by atoms with Crippen LogP contribution in [0, 0.1) is 5.82 Å². The highest BCUT2D eigenvalue weighted by atomic mass is 35.5. The van der Waals surface area contributed by atoms with Crippen molar-refractivity contribution in [3.8, 4) is 0 Å². The molecule has 0 atom stereocenters. The molecule has 2 aromatic carbocycles. The normalized spacial score (nSPS) is 13.6. The zero-order valence-electron chi connectivity index (χ0n) is 12.6. The fraction of sp³-hybridized carbons (Fsp3) is 0.222. The van der Waals surface area contributed by atoms with Crippen LogP contribution in [-0.2, 0) is 6.42 Å². The molecule has 2 aromatic rings. The number of hydrogen-bond donors (Lipinski definition) is 0. The summed E-state index contributed by atoms with van der Waals surface area (Å²) >= 11 is 6.01. The van der Waals surface area contributed by atoms with Crippen molar-refractivity contribution in [1.29, 1.82) is 0 Å². The molecule has 1 heterocycles. The monoisotopic (exact) mass is 331 g/mol. The van der Waals surface area contributed by atoms with E-state index in [1.807, 2.05) is 6.07 Å².